The third-order valence-corrected chi connectivity index (χ3v) is 11.3. The molecular weight excluding hydrogens is 817 g/mol. The van der Waals surface area contributed by atoms with Gasteiger partial charge in [-0.2, -0.15) is 0 Å². The summed E-state index contributed by atoms with van der Waals surface area (Å²) in [6.45, 7) is 6.40. The van der Waals surface area contributed by atoms with Gasteiger partial charge >= 0.3 is 17.9 Å². The fourth-order valence-electron chi connectivity index (χ4n) is 7.25. The summed E-state index contributed by atoms with van der Waals surface area (Å²) in [5, 5.41) is 0. The zero-order valence-electron chi connectivity index (χ0n) is 42.9. The smallest absolute Gasteiger partial charge is 0.310 e. The molecule has 0 rings (SSSR count). The lowest BCUT2D eigenvalue weighted by Gasteiger charge is -2.18. The number of esters is 3. The molecule has 1 atom stereocenters. The monoisotopic (exact) mass is 917 g/mol. The first-order valence-electron chi connectivity index (χ1n) is 27.2. The predicted octanol–water partition coefficient (Wildman–Crippen LogP) is 18.1. The highest BCUT2D eigenvalue weighted by Gasteiger charge is 2.19. The van der Waals surface area contributed by atoms with Crippen molar-refractivity contribution in [3.8, 4) is 0 Å². The minimum absolute atomic E-state index is 0.0917. The molecule has 0 N–H and O–H groups in total. The topological polar surface area (TPSA) is 78.9 Å². The molecule has 0 radical (unpaired) electrons. The van der Waals surface area contributed by atoms with Crippen molar-refractivity contribution in [2.75, 3.05) is 13.2 Å². The first-order valence-corrected chi connectivity index (χ1v) is 27.2. The summed E-state index contributed by atoms with van der Waals surface area (Å²) < 4.78 is 16.7. The summed E-state index contributed by atoms with van der Waals surface area (Å²) in [7, 11) is 0. The lowest BCUT2D eigenvalue weighted by atomic mass is 10.1. The van der Waals surface area contributed by atoms with Crippen molar-refractivity contribution in [2.24, 2.45) is 0 Å². The molecule has 1 unspecified atom stereocenters. The van der Waals surface area contributed by atoms with Gasteiger partial charge in [-0.05, 0) is 103 Å². The van der Waals surface area contributed by atoms with Crippen LogP contribution in [0, 0.1) is 0 Å². The van der Waals surface area contributed by atoms with Crippen molar-refractivity contribution in [1.82, 2.24) is 0 Å². The summed E-state index contributed by atoms with van der Waals surface area (Å²) in [4.78, 5) is 38.0. The van der Waals surface area contributed by atoms with Crippen LogP contribution < -0.4 is 0 Å². The molecular formula is C60H100O6. The fourth-order valence-corrected chi connectivity index (χ4v) is 7.25. The standard InChI is InChI=1S/C60H100O6/c1-4-7-10-13-16-19-22-25-28-29-30-33-35-38-41-44-47-50-53-59(62)65-56-57(66-60(63)54-51-48-45-42-39-36-32-27-24-21-18-15-12-9-6-3)55-64-58(61)52-49-46-43-40-37-34-31-26-23-20-17-14-11-8-5-2/h9,12,18-19,21-22,26-29,31-32,39,42,48,51,57H,4-8,10-11,13-17,20,23-25,30,33-38,40-41,43-47,49-50,52-56H2,1-3H3/b12-9-,21-18-,22-19-,29-28-,31-26-,32-27-,42-39-,51-48-. The lowest BCUT2D eigenvalue weighted by Crippen LogP contribution is -2.30. The zero-order valence-corrected chi connectivity index (χ0v) is 42.9. The van der Waals surface area contributed by atoms with Gasteiger partial charge in [-0.15, -0.1) is 0 Å². The molecule has 6 nitrogen and oxygen atoms in total. The molecule has 0 spiro atoms. The molecule has 0 aliphatic carbocycles. The summed E-state index contributed by atoms with van der Waals surface area (Å²) >= 11 is 0. The third-order valence-electron chi connectivity index (χ3n) is 11.3. The van der Waals surface area contributed by atoms with E-state index in [2.05, 4.69) is 106 Å². The Balaban J connectivity index is 4.52. The van der Waals surface area contributed by atoms with Gasteiger partial charge in [0.1, 0.15) is 13.2 Å². The molecule has 0 fully saturated rings. The Morgan fingerprint density at radius 3 is 1.03 bits per heavy atom. The van der Waals surface area contributed by atoms with Gasteiger partial charge in [0.05, 0.1) is 6.42 Å². The van der Waals surface area contributed by atoms with Gasteiger partial charge in [0.25, 0.3) is 0 Å². The highest BCUT2D eigenvalue weighted by atomic mass is 16.6. The fraction of sp³-hybridized carbons (Fsp3) is 0.683. The maximum Gasteiger partial charge on any atom is 0.310 e. The Bertz CT molecular complexity index is 1330. The van der Waals surface area contributed by atoms with Crippen LogP contribution in [0.4, 0.5) is 0 Å². The number of allylic oxidation sites excluding steroid dienone is 15. The Kier molecular flexibility index (Phi) is 50.9. The van der Waals surface area contributed by atoms with E-state index in [1.165, 1.54) is 109 Å². The quantitative estimate of drug-likeness (QED) is 0.0262. The van der Waals surface area contributed by atoms with E-state index in [0.717, 1.165) is 96.3 Å². The molecule has 0 amide bonds. The van der Waals surface area contributed by atoms with Gasteiger partial charge in [-0.3, -0.25) is 14.4 Å². The van der Waals surface area contributed by atoms with Crippen LogP contribution in [0.1, 0.15) is 245 Å². The summed E-state index contributed by atoms with van der Waals surface area (Å²) in [5.41, 5.74) is 0. The molecule has 66 heavy (non-hydrogen) atoms. The molecule has 0 aliphatic rings. The molecule has 0 saturated carbocycles. The summed E-state index contributed by atoms with van der Waals surface area (Å²) in [5.74, 6) is -1.07. The number of unbranched alkanes of at least 4 members (excludes halogenated alkanes) is 22. The second kappa shape index (κ2) is 53.9. The Morgan fingerprint density at radius 1 is 0.333 bits per heavy atom. The number of hydrogen-bond donors (Lipinski definition) is 0. The maximum atomic E-state index is 12.8. The first kappa shape index (κ1) is 62.3. The van der Waals surface area contributed by atoms with Crippen molar-refractivity contribution in [1.29, 1.82) is 0 Å². The molecule has 0 saturated heterocycles. The Labute approximate surface area is 407 Å². The van der Waals surface area contributed by atoms with Gasteiger partial charge < -0.3 is 14.2 Å². The second-order valence-corrected chi connectivity index (χ2v) is 17.8. The van der Waals surface area contributed by atoms with E-state index in [4.69, 9.17) is 14.2 Å². The number of carbonyl (C=O) groups excluding carboxylic acids is 3. The number of ether oxygens (including phenoxy) is 3. The van der Waals surface area contributed by atoms with E-state index < -0.39 is 12.1 Å². The van der Waals surface area contributed by atoms with Crippen LogP contribution in [-0.4, -0.2) is 37.2 Å². The van der Waals surface area contributed by atoms with Gasteiger partial charge in [0.15, 0.2) is 6.10 Å². The number of carbonyl (C=O) groups is 3. The van der Waals surface area contributed by atoms with Crippen LogP contribution in [0.3, 0.4) is 0 Å². The molecule has 0 aromatic heterocycles. The van der Waals surface area contributed by atoms with E-state index in [-0.39, 0.29) is 31.6 Å². The lowest BCUT2D eigenvalue weighted by molar-refractivity contribution is -0.166. The highest BCUT2D eigenvalue weighted by Crippen LogP contribution is 2.13. The van der Waals surface area contributed by atoms with E-state index >= 15 is 0 Å². The van der Waals surface area contributed by atoms with Crippen molar-refractivity contribution < 1.29 is 28.6 Å². The number of hydrogen-bond acceptors (Lipinski definition) is 6. The van der Waals surface area contributed by atoms with E-state index in [1.807, 2.05) is 6.08 Å². The van der Waals surface area contributed by atoms with Crippen molar-refractivity contribution in [3.63, 3.8) is 0 Å². The van der Waals surface area contributed by atoms with Crippen LogP contribution in [0.15, 0.2) is 97.2 Å². The summed E-state index contributed by atoms with van der Waals surface area (Å²) in [6, 6.07) is 0. The molecule has 0 aromatic rings. The maximum absolute atomic E-state index is 12.8. The van der Waals surface area contributed by atoms with E-state index in [1.54, 1.807) is 6.08 Å². The molecule has 0 heterocycles. The average Bonchev–Trinajstić information content (AvgIpc) is 3.31. The summed E-state index contributed by atoms with van der Waals surface area (Å²) in [6.07, 6.45) is 71.3. The SMILES string of the molecule is CC/C=C\C/C=C\C/C=C\C/C=C\C/C=C\CC(=O)OC(COC(=O)CCCCCCC/C=C\CCCCCCCC)COC(=O)CCCCCCCCC/C=C\C/C=C\CCCCCC. The third kappa shape index (κ3) is 51.3. The second-order valence-electron chi connectivity index (χ2n) is 17.8. The molecule has 0 aromatic carbocycles. The van der Waals surface area contributed by atoms with Crippen LogP contribution >= 0.6 is 0 Å². The molecule has 6 heteroatoms. The predicted molar refractivity (Wildman–Crippen MR) is 284 cm³/mol. The van der Waals surface area contributed by atoms with E-state index in [9.17, 15) is 14.4 Å². The largest absolute Gasteiger partial charge is 0.462 e. The van der Waals surface area contributed by atoms with Gasteiger partial charge in [-0.25, -0.2) is 0 Å². The normalized spacial score (nSPS) is 12.8. The molecule has 0 aliphatic heterocycles. The van der Waals surface area contributed by atoms with E-state index in [0.29, 0.717) is 12.8 Å². The van der Waals surface area contributed by atoms with Gasteiger partial charge in [0.2, 0.25) is 0 Å². The van der Waals surface area contributed by atoms with Gasteiger partial charge in [-0.1, -0.05) is 221 Å². The first-order chi connectivity index (χ1) is 32.5. The minimum atomic E-state index is -0.839. The molecule has 0 bridgehead atoms. The van der Waals surface area contributed by atoms with Crippen LogP contribution in [0.25, 0.3) is 0 Å². The van der Waals surface area contributed by atoms with Crippen molar-refractivity contribution >= 4 is 17.9 Å². The average molecular weight is 917 g/mol. The van der Waals surface area contributed by atoms with Crippen LogP contribution in [0.5, 0.6) is 0 Å². The number of rotatable bonds is 48. The van der Waals surface area contributed by atoms with Crippen molar-refractivity contribution in [2.45, 2.75) is 252 Å². The highest BCUT2D eigenvalue weighted by molar-refractivity contribution is 5.72. The zero-order chi connectivity index (χ0) is 47.9. The van der Waals surface area contributed by atoms with Crippen molar-refractivity contribution in [3.05, 3.63) is 97.2 Å². The minimum Gasteiger partial charge on any atom is -0.462 e. The Morgan fingerprint density at radius 2 is 0.636 bits per heavy atom. The molecule has 376 valence electrons. The van der Waals surface area contributed by atoms with Crippen LogP contribution in [0.2, 0.25) is 0 Å². The Hall–Kier alpha value is -3.67. The van der Waals surface area contributed by atoms with Crippen LogP contribution in [-0.2, 0) is 28.6 Å². The van der Waals surface area contributed by atoms with Gasteiger partial charge in [0, 0.05) is 12.8 Å².